The van der Waals surface area contributed by atoms with Crippen LogP contribution in [0.3, 0.4) is 0 Å². The average Bonchev–Trinajstić information content (AvgIpc) is 2.72. The molecule has 0 aliphatic carbocycles. The van der Waals surface area contributed by atoms with Crippen molar-refractivity contribution in [1.82, 2.24) is 10.2 Å². The van der Waals surface area contributed by atoms with Crippen LogP contribution in [-0.4, -0.2) is 52.7 Å². The number of nitrogens with one attached hydrogen (secondary N) is 1. The highest BCUT2D eigenvalue weighted by Crippen LogP contribution is 2.15. The molecule has 178 valence electrons. The summed E-state index contributed by atoms with van der Waals surface area (Å²) in [6.07, 6.45) is 6.60. The number of amides is 2. The SMILES string of the molecule is CC(C)(C)OC(=O)N[C@@H](Cc1ccc(CCCCCC(=O)O)cc1)C(=O)N1CCCCC1. The van der Waals surface area contributed by atoms with Gasteiger partial charge in [-0.3, -0.25) is 9.59 Å². The van der Waals surface area contributed by atoms with Crippen LogP contribution >= 0.6 is 0 Å². The number of ether oxygens (including phenoxy) is 1. The van der Waals surface area contributed by atoms with Crippen molar-refractivity contribution in [1.29, 1.82) is 0 Å². The standard InChI is InChI=1S/C25H38N2O5/c1-25(2,3)32-24(31)26-21(23(30)27-16-8-5-9-17-27)18-20-14-12-19(13-15-20)10-6-4-7-11-22(28)29/h12-15,21H,4-11,16-18H2,1-3H3,(H,26,31)(H,28,29)/t21-/m0/s1. The molecule has 1 heterocycles. The lowest BCUT2D eigenvalue weighted by Gasteiger charge is -2.31. The highest BCUT2D eigenvalue weighted by Gasteiger charge is 2.29. The Kier molecular flexibility index (Phi) is 10.0. The summed E-state index contributed by atoms with van der Waals surface area (Å²) in [7, 11) is 0. The number of carboxylic acids is 1. The largest absolute Gasteiger partial charge is 0.481 e. The van der Waals surface area contributed by atoms with E-state index in [1.165, 1.54) is 5.56 Å². The zero-order valence-electron chi connectivity index (χ0n) is 19.7. The number of carboxylic acid groups (broad SMARTS) is 1. The first-order valence-electron chi connectivity index (χ1n) is 11.7. The van der Waals surface area contributed by atoms with Crippen molar-refractivity contribution in [3.8, 4) is 0 Å². The van der Waals surface area contributed by atoms with Crippen LogP contribution in [0.2, 0.25) is 0 Å². The van der Waals surface area contributed by atoms with Crippen molar-refractivity contribution in [3.05, 3.63) is 35.4 Å². The van der Waals surface area contributed by atoms with Gasteiger partial charge in [-0.2, -0.15) is 0 Å². The number of likely N-dealkylation sites (tertiary alicyclic amines) is 1. The second-order valence-corrected chi connectivity index (χ2v) is 9.56. The molecule has 1 saturated heterocycles. The van der Waals surface area contributed by atoms with Gasteiger partial charge in [-0.1, -0.05) is 30.7 Å². The third kappa shape index (κ3) is 9.71. The van der Waals surface area contributed by atoms with E-state index in [2.05, 4.69) is 5.32 Å². The fourth-order valence-electron chi connectivity index (χ4n) is 3.84. The highest BCUT2D eigenvalue weighted by atomic mass is 16.6. The summed E-state index contributed by atoms with van der Waals surface area (Å²) in [5.41, 5.74) is 1.53. The van der Waals surface area contributed by atoms with Crippen LogP contribution in [0.1, 0.15) is 76.8 Å². The van der Waals surface area contributed by atoms with Crippen molar-refractivity contribution in [2.24, 2.45) is 0 Å². The molecule has 2 rings (SSSR count). The highest BCUT2D eigenvalue weighted by molar-refractivity contribution is 5.86. The second-order valence-electron chi connectivity index (χ2n) is 9.56. The molecule has 7 nitrogen and oxygen atoms in total. The molecule has 1 fully saturated rings. The van der Waals surface area contributed by atoms with Crippen LogP contribution in [0.5, 0.6) is 0 Å². The molecule has 1 aromatic rings. The maximum atomic E-state index is 13.1. The van der Waals surface area contributed by atoms with Crippen LogP contribution in [0, 0.1) is 0 Å². The lowest BCUT2D eigenvalue weighted by Crippen LogP contribution is -2.51. The van der Waals surface area contributed by atoms with Gasteiger partial charge >= 0.3 is 12.1 Å². The van der Waals surface area contributed by atoms with Crippen LogP contribution in [-0.2, 0) is 27.2 Å². The Bertz CT molecular complexity index is 749. The number of alkyl carbamates (subject to hydrolysis) is 1. The number of rotatable bonds is 10. The van der Waals surface area contributed by atoms with Gasteiger partial charge in [0.2, 0.25) is 5.91 Å². The van der Waals surface area contributed by atoms with Gasteiger partial charge in [0.15, 0.2) is 0 Å². The van der Waals surface area contributed by atoms with Gasteiger partial charge in [0, 0.05) is 25.9 Å². The maximum absolute atomic E-state index is 13.1. The number of benzene rings is 1. The number of nitrogens with zero attached hydrogens (tertiary/aromatic N) is 1. The zero-order chi connectivity index (χ0) is 23.6. The summed E-state index contributed by atoms with van der Waals surface area (Å²) in [5.74, 6) is -0.805. The van der Waals surface area contributed by atoms with Crippen molar-refractivity contribution < 1.29 is 24.2 Å². The van der Waals surface area contributed by atoms with E-state index in [0.717, 1.165) is 57.2 Å². The molecule has 0 spiro atoms. The first-order chi connectivity index (χ1) is 15.1. The molecule has 32 heavy (non-hydrogen) atoms. The number of carbonyl (C=O) groups excluding carboxylic acids is 2. The molecule has 1 atom stereocenters. The summed E-state index contributed by atoms with van der Waals surface area (Å²) >= 11 is 0. The molecule has 2 N–H and O–H groups in total. The average molecular weight is 447 g/mol. The molecule has 0 aromatic heterocycles. The van der Waals surface area contributed by atoms with Crippen molar-refractivity contribution in [3.63, 3.8) is 0 Å². The van der Waals surface area contributed by atoms with E-state index >= 15 is 0 Å². The van der Waals surface area contributed by atoms with Crippen LogP contribution in [0.4, 0.5) is 4.79 Å². The summed E-state index contributed by atoms with van der Waals surface area (Å²) in [6.45, 7) is 6.86. The molecule has 0 saturated carbocycles. The summed E-state index contributed by atoms with van der Waals surface area (Å²) in [5, 5.41) is 11.5. The Morgan fingerprint density at radius 3 is 2.22 bits per heavy atom. The van der Waals surface area contributed by atoms with E-state index in [4.69, 9.17) is 9.84 Å². The molecule has 0 radical (unpaired) electrons. The first kappa shape index (κ1) is 25.7. The number of unbranched alkanes of at least 4 members (excludes halogenated alkanes) is 2. The number of piperidine rings is 1. The monoisotopic (exact) mass is 446 g/mol. The molecule has 2 amide bonds. The molecular formula is C25H38N2O5. The quantitative estimate of drug-likeness (QED) is 0.522. The van der Waals surface area contributed by atoms with E-state index in [1.54, 1.807) is 20.8 Å². The van der Waals surface area contributed by atoms with Gasteiger partial charge in [0.1, 0.15) is 11.6 Å². The second kappa shape index (κ2) is 12.5. The van der Waals surface area contributed by atoms with Crippen LogP contribution in [0.15, 0.2) is 24.3 Å². The van der Waals surface area contributed by atoms with Gasteiger partial charge in [-0.05, 0) is 70.4 Å². The maximum Gasteiger partial charge on any atom is 0.408 e. The number of aryl methyl sites for hydroxylation is 1. The summed E-state index contributed by atoms with van der Waals surface area (Å²) in [6, 6.07) is 7.43. The van der Waals surface area contributed by atoms with Crippen molar-refractivity contribution in [2.75, 3.05) is 13.1 Å². The smallest absolute Gasteiger partial charge is 0.408 e. The Morgan fingerprint density at radius 2 is 1.62 bits per heavy atom. The fourth-order valence-corrected chi connectivity index (χ4v) is 3.84. The third-order valence-electron chi connectivity index (χ3n) is 5.48. The zero-order valence-corrected chi connectivity index (χ0v) is 19.7. The number of aliphatic carboxylic acids is 1. The van der Waals surface area contributed by atoms with Gasteiger partial charge in [0.25, 0.3) is 0 Å². The van der Waals surface area contributed by atoms with Gasteiger partial charge < -0.3 is 20.1 Å². The number of carbonyl (C=O) groups is 3. The van der Waals surface area contributed by atoms with Gasteiger partial charge in [0.05, 0.1) is 0 Å². The van der Waals surface area contributed by atoms with Crippen LogP contribution in [0.25, 0.3) is 0 Å². The normalized spacial score (nSPS) is 15.2. The number of hydrogen-bond donors (Lipinski definition) is 2. The van der Waals surface area contributed by atoms with E-state index in [9.17, 15) is 14.4 Å². The minimum Gasteiger partial charge on any atom is -0.481 e. The number of hydrogen-bond acceptors (Lipinski definition) is 4. The predicted octanol–water partition coefficient (Wildman–Crippen LogP) is 4.32. The first-order valence-corrected chi connectivity index (χ1v) is 11.7. The molecule has 7 heteroatoms. The molecule has 0 unspecified atom stereocenters. The Balaban J connectivity index is 1.97. The minimum absolute atomic E-state index is 0.0573. The molecular weight excluding hydrogens is 408 g/mol. The van der Waals surface area contributed by atoms with Gasteiger partial charge in [-0.15, -0.1) is 0 Å². The molecule has 1 aliphatic heterocycles. The summed E-state index contributed by atoms with van der Waals surface area (Å²) in [4.78, 5) is 37.9. The Labute approximate surface area is 191 Å². The predicted molar refractivity (Wildman–Crippen MR) is 124 cm³/mol. The van der Waals surface area contributed by atoms with E-state index < -0.39 is 23.7 Å². The third-order valence-corrected chi connectivity index (χ3v) is 5.48. The van der Waals surface area contributed by atoms with E-state index in [-0.39, 0.29) is 12.3 Å². The van der Waals surface area contributed by atoms with Gasteiger partial charge in [-0.25, -0.2) is 4.79 Å². The van der Waals surface area contributed by atoms with E-state index in [1.807, 2.05) is 29.2 Å². The lowest BCUT2D eigenvalue weighted by atomic mass is 10.00. The molecule has 0 bridgehead atoms. The topological polar surface area (TPSA) is 95.9 Å². The fraction of sp³-hybridized carbons (Fsp3) is 0.640. The van der Waals surface area contributed by atoms with Crippen LogP contribution < -0.4 is 5.32 Å². The molecule has 1 aliphatic rings. The lowest BCUT2D eigenvalue weighted by molar-refractivity contribution is -0.137. The van der Waals surface area contributed by atoms with E-state index in [0.29, 0.717) is 12.8 Å². The Morgan fingerprint density at radius 1 is 1.00 bits per heavy atom. The Hall–Kier alpha value is -2.57. The van der Waals surface area contributed by atoms with Crippen molar-refractivity contribution in [2.45, 2.75) is 90.2 Å². The van der Waals surface area contributed by atoms with Crippen molar-refractivity contribution >= 4 is 18.0 Å². The summed E-state index contributed by atoms with van der Waals surface area (Å²) < 4.78 is 5.38. The minimum atomic E-state index is -0.747. The molecule has 1 aromatic carbocycles.